The third-order valence-corrected chi connectivity index (χ3v) is 5.39. The van der Waals surface area contributed by atoms with Crippen LogP contribution >= 0.6 is 0 Å². The number of hydrogen-bond donors (Lipinski definition) is 2. The average molecular weight is 425 g/mol. The van der Waals surface area contributed by atoms with Crippen molar-refractivity contribution < 1.29 is 49.7 Å². The van der Waals surface area contributed by atoms with Gasteiger partial charge in [0, 0.05) is 41.2 Å². The molecule has 1 fully saturated rings. The molecule has 1 heterocycles. The number of fused-ring (bicyclic) bond motifs is 1. The molecule has 2 aromatic carbocycles. The van der Waals surface area contributed by atoms with E-state index in [0.29, 0.717) is 5.92 Å². The van der Waals surface area contributed by atoms with Gasteiger partial charge in [-0.05, 0) is 24.5 Å². The molecule has 1 aliphatic carbocycles. The minimum atomic E-state index is -1.33. The van der Waals surface area contributed by atoms with Crippen molar-refractivity contribution in [2.24, 2.45) is 0 Å². The third-order valence-electron chi connectivity index (χ3n) is 5.39. The van der Waals surface area contributed by atoms with Gasteiger partial charge in [0.25, 0.3) is 0 Å². The van der Waals surface area contributed by atoms with Crippen molar-refractivity contribution in [3.63, 3.8) is 0 Å². The van der Waals surface area contributed by atoms with Crippen LogP contribution in [-0.4, -0.2) is 33.4 Å². The van der Waals surface area contributed by atoms with Crippen molar-refractivity contribution in [1.82, 2.24) is 4.98 Å². The van der Waals surface area contributed by atoms with Crippen LogP contribution in [0.25, 0.3) is 28.1 Å². The first kappa shape index (κ1) is 23.6. The number of benzene rings is 2. The summed E-state index contributed by atoms with van der Waals surface area (Å²) >= 11 is 0. The Morgan fingerprint density at radius 1 is 1.10 bits per heavy atom. The Kier molecular flexibility index (Phi) is 8.03. The zero-order valence-corrected chi connectivity index (χ0v) is 19.6. The molecule has 0 bridgehead atoms. The molecule has 2 N–H and O–H groups in total. The first-order chi connectivity index (χ1) is 14.5. The van der Waals surface area contributed by atoms with Gasteiger partial charge in [-0.15, -0.1) is 0 Å². The smallest absolute Gasteiger partial charge is 0.550 e. The summed E-state index contributed by atoms with van der Waals surface area (Å²) in [4.78, 5) is 15.6. The SMILES string of the molecule is O=C([O-])CC(O)CC(O)C=Cc1c(C2CC2)nc2ccccc2c1-c1ccccc1.[Na+]. The molecule has 0 aliphatic heterocycles. The van der Waals surface area contributed by atoms with Gasteiger partial charge in [0.2, 0.25) is 0 Å². The molecule has 0 spiro atoms. The molecule has 1 saturated carbocycles. The van der Waals surface area contributed by atoms with E-state index in [9.17, 15) is 20.1 Å². The number of aliphatic hydroxyl groups excluding tert-OH is 2. The number of hydrogen-bond acceptors (Lipinski definition) is 5. The number of aromatic nitrogens is 1. The van der Waals surface area contributed by atoms with Crippen LogP contribution in [0, 0.1) is 0 Å². The molecule has 2 atom stereocenters. The molecule has 0 radical (unpaired) electrons. The summed E-state index contributed by atoms with van der Waals surface area (Å²) in [7, 11) is 0. The molecule has 4 rings (SSSR count). The van der Waals surface area contributed by atoms with Crippen LogP contribution in [0.1, 0.15) is 42.9 Å². The van der Waals surface area contributed by atoms with E-state index in [1.807, 2.05) is 42.5 Å². The Morgan fingerprint density at radius 3 is 2.45 bits per heavy atom. The number of aliphatic carboxylic acids is 1. The number of carbonyl (C=O) groups excluding carboxylic acids is 1. The molecule has 1 aliphatic rings. The topological polar surface area (TPSA) is 93.5 Å². The third kappa shape index (κ3) is 5.82. The van der Waals surface area contributed by atoms with E-state index < -0.39 is 24.6 Å². The molecule has 0 amide bonds. The van der Waals surface area contributed by atoms with Crippen LogP contribution < -0.4 is 34.7 Å². The van der Waals surface area contributed by atoms with E-state index in [1.54, 1.807) is 6.08 Å². The van der Waals surface area contributed by atoms with Gasteiger partial charge in [0.05, 0.1) is 23.4 Å². The normalized spacial score (nSPS) is 15.5. The summed E-state index contributed by atoms with van der Waals surface area (Å²) in [5.41, 5.74) is 5.08. The van der Waals surface area contributed by atoms with Gasteiger partial charge in [0.15, 0.2) is 0 Å². The summed E-state index contributed by atoms with van der Waals surface area (Å²) < 4.78 is 0. The molecular formula is C25H24NNaO4. The van der Waals surface area contributed by atoms with E-state index in [0.717, 1.165) is 46.1 Å². The zero-order valence-electron chi connectivity index (χ0n) is 17.6. The molecule has 2 unspecified atom stereocenters. The molecule has 5 nitrogen and oxygen atoms in total. The number of para-hydroxylation sites is 1. The summed E-state index contributed by atoms with van der Waals surface area (Å²) in [6, 6.07) is 18.2. The number of carbonyl (C=O) groups is 1. The molecule has 31 heavy (non-hydrogen) atoms. The minimum absolute atomic E-state index is 0. The van der Waals surface area contributed by atoms with Crippen LogP contribution in [-0.2, 0) is 4.79 Å². The number of rotatable bonds is 8. The van der Waals surface area contributed by atoms with Gasteiger partial charge in [-0.1, -0.05) is 60.7 Å². The van der Waals surface area contributed by atoms with Crippen LogP contribution in [0.4, 0.5) is 0 Å². The van der Waals surface area contributed by atoms with Crippen LogP contribution in [0.15, 0.2) is 60.7 Å². The van der Waals surface area contributed by atoms with Crippen molar-refractivity contribution >= 4 is 22.9 Å². The van der Waals surface area contributed by atoms with E-state index >= 15 is 0 Å². The zero-order chi connectivity index (χ0) is 21.1. The molecule has 0 saturated heterocycles. The van der Waals surface area contributed by atoms with Gasteiger partial charge in [-0.2, -0.15) is 0 Å². The quantitative estimate of drug-likeness (QED) is 0.498. The predicted molar refractivity (Wildman–Crippen MR) is 114 cm³/mol. The molecular weight excluding hydrogens is 401 g/mol. The van der Waals surface area contributed by atoms with Gasteiger partial charge in [0.1, 0.15) is 0 Å². The number of carboxylic acids is 1. The van der Waals surface area contributed by atoms with Gasteiger partial charge < -0.3 is 20.1 Å². The summed E-state index contributed by atoms with van der Waals surface area (Å²) in [6.07, 6.45) is 2.98. The Morgan fingerprint density at radius 2 is 1.77 bits per heavy atom. The van der Waals surface area contributed by atoms with Crippen molar-refractivity contribution in [3.8, 4) is 11.1 Å². The fourth-order valence-corrected chi connectivity index (χ4v) is 3.84. The Labute approximate surface area is 203 Å². The Balaban J connectivity index is 0.00000272. The number of nitrogens with zero attached hydrogens (tertiary/aromatic N) is 1. The fourth-order valence-electron chi connectivity index (χ4n) is 3.84. The molecule has 6 heteroatoms. The maximum Gasteiger partial charge on any atom is 1.00 e. The monoisotopic (exact) mass is 425 g/mol. The number of carboxylic acid groups (broad SMARTS) is 1. The predicted octanol–water partition coefficient (Wildman–Crippen LogP) is 0.0483. The second-order valence-electron chi connectivity index (χ2n) is 7.84. The van der Waals surface area contributed by atoms with Crippen molar-refractivity contribution in [1.29, 1.82) is 0 Å². The largest absolute Gasteiger partial charge is 1.00 e. The second-order valence-corrected chi connectivity index (χ2v) is 7.84. The average Bonchev–Trinajstić information content (AvgIpc) is 3.56. The fraction of sp³-hybridized carbons (Fsp3) is 0.280. The minimum Gasteiger partial charge on any atom is -0.550 e. The van der Waals surface area contributed by atoms with E-state index in [2.05, 4.69) is 18.2 Å². The van der Waals surface area contributed by atoms with E-state index in [-0.39, 0.29) is 36.0 Å². The van der Waals surface area contributed by atoms with Crippen molar-refractivity contribution in [2.45, 2.75) is 43.8 Å². The Hall–Kier alpha value is -2.02. The van der Waals surface area contributed by atoms with Gasteiger partial charge >= 0.3 is 29.6 Å². The first-order valence-electron chi connectivity index (χ1n) is 10.2. The second kappa shape index (κ2) is 10.5. The van der Waals surface area contributed by atoms with Gasteiger partial charge in [-0.3, -0.25) is 4.98 Å². The summed E-state index contributed by atoms with van der Waals surface area (Å²) in [5, 5.41) is 31.8. The standard InChI is InChI=1S/C25H25NO4.Na/c27-18(14-19(28)15-23(29)30)12-13-21-24(16-6-2-1-3-7-16)20-8-4-5-9-22(20)26-25(21)17-10-11-17;/h1-9,12-13,17-19,27-28H,10-11,14-15H2,(H,29,30);/q;+1/p-1. The van der Waals surface area contributed by atoms with Crippen LogP contribution in [0.5, 0.6) is 0 Å². The maximum absolute atomic E-state index is 10.6. The maximum atomic E-state index is 10.6. The summed E-state index contributed by atoms with van der Waals surface area (Å²) in [5.74, 6) is -0.933. The van der Waals surface area contributed by atoms with Gasteiger partial charge in [-0.25, -0.2) is 0 Å². The summed E-state index contributed by atoms with van der Waals surface area (Å²) in [6.45, 7) is 0. The van der Waals surface area contributed by atoms with Crippen LogP contribution in [0.3, 0.4) is 0 Å². The number of aliphatic hydroxyl groups is 2. The first-order valence-corrected chi connectivity index (χ1v) is 10.2. The van der Waals surface area contributed by atoms with Crippen molar-refractivity contribution in [2.75, 3.05) is 0 Å². The van der Waals surface area contributed by atoms with Crippen molar-refractivity contribution in [3.05, 3.63) is 71.9 Å². The molecule has 3 aromatic rings. The number of pyridine rings is 1. The molecule has 1 aromatic heterocycles. The molecule has 154 valence electrons. The Bertz CT molecular complexity index is 1080. The van der Waals surface area contributed by atoms with Crippen LogP contribution in [0.2, 0.25) is 0 Å². The van der Waals surface area contributed by atoms with E-state index in [4.69, 9.17) is 4.98 Å². The van der Waals surface area contributed by atoms with E-state index in [1.165, 1.54) is 0 Å².